The van der Waals surface area contributed by atoms with Crippen molar-refractivity contribution in [3.63, 3.8) is 0 Å². The third-order valence-electron chi connectivity index (χ3n) is 4.23. The number of benzene rings is 2. The van der Waals surface area contributed by atoms with Gasteiger partial charge in [-0.05, 0) is 42.8 Å². The van der Waals surface area contributed by atoms with Crippen LogP contribution in [0, 0.1) is 6.92 Å². The first-order valence-electron chi connectivity index (χ1n) is 8.43. The van der Waals surface area contributed by atoms with Crippen LogP contribution in [0.2, 0.25) is 0 Å². The highest BCUT2D eigenvalue weighted by molar-refractivity contribution is 7.92. The summed E-state index contributed by atoms with van der Waals surface area (Å²) in [5.74, 6) is -0.745. The molecule has 9 heteroatoms. The van der Waals surface area contributed by atoms with Gasteiger partial charge in [-0.15, -0.1) is 0 Å². The second-order valence-corrected chi connectivity index (χ2v) is 8.34. The molecule has 0 aliphatic carbocycles. The fourth-order valence-corrected chi connectivity index (χ4v) is 3.78. The molecule has 1 aliphatic heterocycles. The van der Waals surface area contributed by atoms with E-state index in [1.807, 2.05) is 6.92 Å². The standard InChI is InChI=1S/C19H20N2O6S/c1-12-7-8-16-15(9-12)21(28(3,24)25)11-17(27-16)18(22)20-14-6-4-5-13(10-14)19(23)26-2/h4-10,17H,11H2,1-3H3,(H,20,22). The van der Waals surface area contributed by atoms with E-state index in [2.05, 4.69) is 10.1 Å². The Morgan fingerprint density at radius 3 is 2.64 bits per heavy atom. The van der Waals surface area contributed by atoms with Crippen LogP contribution in [0.15, 0.2) is 42.5 Å². The number of hydrogen-bond acceptors (Lipinski definition) is 6. The summed E-state index contributed by atoms with van der Waals surface area (Å²) >= 11 is 0. The quantitative estimate of drug-likeness (QED) is 0.782. The Balaban J connectivity index is 1.85. The van der Waals surface area contributed by atoms with Crippen molar-refractivity contribution in [2.24, 2.45) is 0 Å². The summed E-state index contributed by atoms with van der Waals surface area (Å²) in [5, 5.41) is 2.65. The maximum absolute atomic E-state index is 12.7. The molecule has 1 unspecified atom stereocenters. The van der Waals surface area contributed by atoms with Crippen LogP contribution >= 0.6 is 0 Å². The molecule has 0 fully saturated rings. The number of aryl methyl sites for hydroxylation is 1. The molecule has 1 heterocycles. The number of fused-ring (bicyclic) bond motifs is 1. The van der Waals surface area contributed by atoms with E-state index < -0.39 is 28.0 Å². The first-order valence-corrected chi connectivity index (χ1v) is 10.3. The largest absolute Gasteiger partial charge is 0.476 e. The Kier molecular flexibility index (Phi) is 5.28. The van der Waals surface area contributed by atoms with Crippen molar-refractivity contribution in [3.05, 3.63) is 53.6 Å². The average molecular weight is 404 g/mol. The molecule has 0 saturated heterocycles. The molecular formula is C19H20N2O6S. The number of carbonyl (C=O) groups is 2. The van der Waals surface area contributed by atoms with Crippen molar-refractivity contribution in [2.75, 3.05) is 29.5 Å². The highest BCUT2D eigenvalue weighted by Crippen LogP contribution is 2.36. The van der Waals surface area contributed by atoms with Crippen molar-refractivity contribution in [1.82, 2.24) is 0 Å². The fourth-order valence-electron chi connectivity index (χ4n) is 2.88. The predicted molar refractivity (Wildman–Crippen MR) is 104 cm³/mol. The number of hydrogen-bond donors (Lipinski definition) is 1. The van der Waals surface area contributed by atoms with Gasteiger partial charge in [-0.2, -0.15) is 0 Å². The van der Waals surface area contributed by atoms with Crippen LogP contribution in [-0.4, -0.2) is 46.3 Å². The molecule has 0 radical (unpaired) electrons. The lowest BCUT2D eigenvalue weighted by Gasteiger charge is -2.34. The second kappa shape index (κ2) is 7.51. The van der Waals surface area contributed by atoms with Crippen LogP contribution in [-0.2, 0) is 19.6 Å². The lowest BCUT2D eigenvalue weighted by atomic mass is 10.1. The van der Waals surface area contributed by atoms with Gasteiger partial charge in [0, 0.05) is 5.69 Å². The SMILES string of the molecule is COC(=O)c1cccc(NC(=O)C2CN(S(C)(=O)=O)c3cc(C)ccc3O2)c1. The van der Waals surface area contributed by atoms with E-state index >= 15 is 0 Å². The van der Waals surface area contributed by atoms with Crippen LogP contribution in [0.25, 0.3) is 0 Å². The maximum atomic E-state index is 12.7. The van der Waals surface area contributed by atoms with E-state index in [0.29, 0.717) is 17.1 Å². The van der Waals surface area contributed by atoms with Crippen LogP contribution in [0.1, 0.15) is 15.9 Å². The highest BCUT2D eigenvalue weighted by atomic mass is 32.2. The molecule has 0 spiro atoms. The molecule has 28 heavy (non-hydrogen) atoms. The molecule has 1 atom stereocenters. The number of nitrogens with zero attached hydrogens (tertiary/aromatic N) is 1. The first kappa shape index (κ1) is 19.7. The molecular weight excluding hydrogens is 384 g/mol. The normalized spacial score (nSPS) is 16.0. The smallest absolute Gasteiger partial charge is 0.337 e. The number of carbonyl (C=O) groups excluding carboxylic acids is 2. The van der Waals surface area contributed by atoms with Crippen molar-refractivity contribution < 1.29 is 27.5 Å². The van der Waals surface area contributed by atoms with Crippen molar-refractivity contribution in [3.8, 4) is 5.75 Å². The number of amides is 1. The van der Waals surface area contributed by atoms with E-state index in [1.54, 1.807) is 36.4 Å². The number of rotatable bonds is 4. The van der Waals surface area contributed by atoms with E-state index in [9.17, 15) is 18.0 Å². The minimum absolute atomic E-state index is 0.155. The van der Waals surface area contributed by atoms with Gasteiger partial charge in [0.15, 0.2) is 6.10 Å². The zero-order chi connectivity index (χ0) is 20.5. The molecule has 0 saturated carbocycles. The van der Waals surface area contributed by atoms with E-state index in [1.165, 1.54) is 13.2 Å². The van der Waals surface area contributed by atoms with Gasteiger partial charge in [-0.3, -0.25) is 9.10 Å². The van der Waals surface area contributed by atoms with Crippen molar-refractivity contribution in [2.45, 2.75) is 13.0 Å². The summed E-state index contributed by atoms with van der Waals surface area (Å²) in [6.07, 6.45) is 0.0332. The second-order valence-electron chi connectivity index (χ2n) is 6.43. The van der Waals surface area contributed by atoms with Crippen LogP contribution < -0.4 is 14.4 Å². The molecule has 2 aromatic carbocycles. The topological polar surface area (TPSA) is 102 Å². The molecule has 2 aromatic rings. The Hall–Kier alpha value is -3.07. The number of anilines is 2. The number of ether oxygens (including phenoxy) is 2. The predicted octanol–water partition coefficient (Wildman–Crippen LogP) is 1.95. The molecule has 1 N–H and O–H groups in total. The average Bonchev–Trinajstić information content (AvgIpc) is 2.65. The Bertz CT molecular complexity index is 1030. The summed E-state index contributed by atoms with van der Waals surface area (Å²) < 4.78 is 36.0. The Morgan fingerprint density at radius 1 is 1.21 bits per heavy atom. The van der Waals surface area contributed by atoms with Gasteiger partial charge in [0.2, 0.25) is 10.0 Å². The number of sulfonamides is 1. The number of esters is 1. The summed E-state index contributed by atoms with van der Waals surface area (Å²) in [7, 11) is -2.34. The van der Waals surface area contributed by atoms with Crippen molar-refractivity contribution in [1.29, 1.82) is 0 Å². The molecule has 1 amide bonds. The maximum Gasteiger partial charge on any atom is 0.337 e. The summed E-state index contributed by atoms with van der Waals surface area (Å²) in [6, 6.07) is 11.4. The number of nitrogens with one attached hydrogen (secondary N) is 1. The van der Waals surface area contributed by atoms with Gasteiger partial charge in [-0.1, -0.05) is 12.1 Å². The molecule has 0 aromatic heterocycles. The summed E-state index contributed by atoms with van der Waals surface area (Å²) in [6.45, 7) is 1.69. The van der Waals surface area contributed by atoms with Crippen LogP contribution in [0.3, 0.4) is 0 Å². The third-order valence-corrected chi connectivity index (χ3v) is 5.37. The number of methoxy groups -OCH3 is 1. The van der Waals surface area contributed by atoms with Gasteiger partial charge < -0.3 is 14.8 Å². The third kappa shape index (κ3) is 4.09. The zero-order valence-corrected chi connectivity index (χ0v) is 16.4. The van der Waals surface area contributed by atoms with E-state index in [-0.39, 0.29) is 12.1 Å². The molecule has 3 rings (SSSR count). The minimum atomic E-state index is -3.60. The molecule has 8 nitrogen and oxygen atoms in total. The highest BCUT2D eigenvalue weighted by Gasteiger charge is 2.35. The molecule has 1 aliphatic rings. The monoisotopic (exact) mass is 404 g/mol. The summed E-state index contributed by atoms with van der Waals surface area (Å²) in [4.78, 5) is 24.3. The Morgan fingerprint density at radius 2 is 1.96 bits per heavy atom. The van der Waals surface area contributed by atoms with E-state index in [0.717, 1.165) is 16.1 Å². The lowest BCUT2D eigenvalue weighted by Crippen LogP contribution is -2.48. The van der Waals surface area contributed by atoms with Gasteiger partial charge in [0.1, 0.15) is 5.75 Å². The Labute approximate surface area is 163 Å². The zero-order valence-electron chi connectivity index (χ0n) is 15.6. The van der Waals surface area contributed by atoms with Crippen molar-refractivity contribution >= 4 is 33.3 Å². The lowest BCUT2D eigenvalue weighted by molar-refractivity contribution is -0.122. The van der Waals surface area contributed by atoms with Crippen LogP contribution in [0.5, 0.6) is 5.75 Å². The first-order chi connectivity index (χ1) is 13.2. The summed E-state index contributed by atoms with van der Waals surface area (Å²) in [5.41, 5.74) is 1.93. The van der Waals surface area contributed by atoms with Gasteiger partial charge in [-0.25, -0.2) is 13.2 Å². The van der Waals surface area contributed by atoms with Gasteiger partial charge >= 0.3 is 5.97 Å². The van der Waals surface area contributed by atoms with Crippen LogP contribution in [0.4, 0.5) is 11.4 Å². The molecule has 148 valence electrons. The van der Waals surface area contributed by atoms with Gasteiger partial charge in [0.05, 0.1) is 31.2 Å². The van der Waals surface area contributed by atoms with Gasteiger partial charge in [0.25, 0.3) is 5.91 Å². The minimum Gasteiger partial charge on any atom is -0.476 e. The molecule has 0 bridgehead atoms. The van der Waals surface area contributed by atoms with E-state index in [4.69, 9.17) is 4.74 Å². The fraction of sp³-hybridized carbons (Fsp3) is 0.263.